The van der Waals surface area contributed by atoms with Crippen LogP contribution in [0.1, 0.15) is 65.7 Å². The van der Waals surface area contributed by atoms with Crippen LogP contribution >= 0.6 is 0 Å². The lowest BCUT2D eigenvalue weighted by Gasteiger charge is -2.28. The van der Waals surface area contributed by atoms with Gasteiger partial charge in [0.05, 0.1) is 12.2 Å². The van der Waals surface area contributed by atoms with Crippen molar-refractivity contribution >= 4 is 11.9 Å². The molecule has 2 aliphatic rings. The van der Waals surface area contributed by atoms with Gasteiger partial charge in [0, 0.05) is 19.1 Å². The lowest BCUT2D eigenvalue weighted by Crippen LogP contribution is -2.39. The molecule has 4 atom stereocenters. The molecule has 2 rings (SSSR count). The molecule has 1 fully saturated rings. The number of aliphatic hydroxyl groups is 2. The van der Waals surface area contributed by atoms with E-state index in [0.29, 0.717) is 50.5 Å². The van der Waals surface area contributed by atoms with Crippen LogP contribution < -0.4 is 0 Å². The molecule has 4 unspecified atom stereocenters. The van der Waals surface area contributed by atoms with E-state index in [4.69, 9.17) is 14.2 Å². The predicted molar refractivity (Wildman–Crippen MR) is 111 cm³/mol. The van der Waals surface area contributed by atoms with E-state index in [9.17, 15) is 19.8 Å². The minimum absolute atomic E-state index is 0.263. The summed E-state index contributed by atoms with van der Waals surface area (Å²) >= 11 is 0. The van der Waals surface area contributed by atoms with Crippen LogP contribution in [0.4, 0.5) is 0 Å². The Morgan fingerprint density at radius 2 is 2.07 bits per heavy atom. The monoisotopic (exact) mass is 422 g/mol. The van der Waals surface area contributed by atoms with Crippen LogP contribution in [0, 0.1) is 0 Å². The number of methoxy groups -OCH3 is 1. The Hall–Kier alpha value is -1.96. The minimum atomic E-state index is -0.806. The molecule has 1 saturated heterocycles. The van der Waals surface area contributed by atoms with Gasteiger partial charge in [-0.1, -0.05) is 23.3 Å². The summed E-state index contributed by atoms with van der Waals surface area (Å²) in [7, 11) is 1.49. The molecule has 0 aliphatic carbocycles. The lowest BCUT2D eigenvalue weighted by molar-refractivity contribution is -0.156. The average Bonchev–Trinajstić information content (AvgIpc) is 3.21. The Balaban J connectivity index is 1.74. The van der Waals surface area contributed by atoms with E-state index in [0.717, 1.165) is 11.1 Å². The van der Waals surface area contributed by atoms with Crippen LogP contribution in [0.2, 0.25) is 0 Å². The first-order valence-electron chi connectivity index (χ1n) is 10.5. The summed E-state index contributed by atoms with van der Waals surface area (Å²) in [5.41, 5.74) is 1.82. The molecule has 0 aromatic carbocycles. The molecule has 2 aliphatic heterocycles. The first-order chi connectivity index (χ1) is 14.1. The SMILES string of the molecule is COC1C=C(CCC=C(C)CC(O)C=C(C)CCC(O)C2(C)CCC(=O)O2)C(=O)O1. The fourth-order valence-corrected chi connectivity index (χ4v) is 3.72. The van der Waals surface area contributed by atoms with Gasteiger partial charge in [-0.05, 0) is 65.4 Å². The number of hydrogen-bond donors (Lipinski definition) is 2. The second kappa shape index (κ2) is 10.9. The highest BCUT2D eigenvalue weighted by Crippen LogP contribution is 2.32. The summed E-state index contributed by atoms with van der Waals surface area (Å²) in [6, 6.07) is 0. The van der Waals surface area contributed by atoms with Crippen molar-refractivity contribution in [1.82, 2.24) is 0 Å². The number of allylic oxidation sites excluding steroid dienone is 2. The van der Waals surface area contributed by atoms with Gasteiger partial charge in [0.15, 0.2) is 0 Å². The molecule has 0 bridgehead atoms. The van der Waals surface area contributed by atoms with Crippen LogP contribution in [-0.4, -0.2) is 53.4 Å². The van der Waals surface area contributed by atoms with E-state index in [-0.39, 0.29) is 11.9 Å². The third-order valence-electron chi connectivity index (χ3n) is 5.66. The Kier molecular flexibility index (Phi) is 8.82. The average molecular weight is 423 g/mol. The second-order valence-electron chi connectivity index (χ2n) is 8.42. The zero-order valence-electron chi connectivity index (χ0n) is 18.3. The van der Waals surface area contributed by atoms with Crippen molar-refractivity contribution in [2.75, 3.05) is 7.11 Å². The third kappa shape index (κ3) is 7.07. The largest absolute Gasteiger partial charge is 0.457 e. The fourth-order valence-electron chi connectivity index (χ4n) is 3.72. The highest BCUT2D eigenvalue weighted by atomic mass is 16.7. The van der Waals surface area contributed by atoms with Gasteiger partial charge in [-0.25, -0.2) is 4.79 Å². The van der Waals surface area contributed by atoms with Crippen molar-refractivity contribution in [2.45, 2.75) is 89.8 Å². The van der Waals surface area contributed by atoms with Gasteiger partial charge in [0.2, 0.25) is 6.29 Å². The van der Waals surface area contributed by atoms with Crippen molar-refractivity contribution < 1.29 is 34.0 Å². The van der Waals surface area contributed by atoms with Gasteiger partial charge < -0.3 is 24.4 Å². The molecule has 2 heterocycles. The number of esters is 2. The van der Waals surface area contributed by atoms with E-state index in [2.05, 4.69) is 0 Å². The molecule has 0 radical (unpaired) electrons. The van der Waals surface area contributed by atoms with Gasteiger partial charge >= 0.3 is 11.9 Å². The maximum absolute atomic E-state index is 11.7. The Morgan fingerprint density at radius 3 is 2.67 bits per heavy atom. The molecule has 0 aromatic heterocycles. The smallest absolute Gasteiger partial charge is 0.336 e. The van der Waals surface area contributed by atoms with E-state index in [1.807, 2.05) is 19.9 Å². The minimum Gasteiger partial charge on any atom is -0.457 e. The molecule has 0 saturated carbocycles. The summed E-state index contributed by atoms with van der Waals surface area (Å²) in [4.78, 5) is 23.0. The van der Waals surface area contributed by atoms with E-state index in [1.54, 1.807) is 19.1 Å². The van der Waals surface area contributed by atoms with Crippen LogP contribution in [0.15, 0.2) is 34.9 Å². The fraction of sp³-hybridized carbons (Fsp3) is 0.652. The maximum atomic E-state index is 11.7. The zero-order chi connectivity index (χ0) is 22.3. The summed E-state index contributed by atoms with van der Waals surface area (Å²) in [5, 5.41) is 20.7. The van der Waals surface area contributed by atoms with Crippen molar-refractivity contribution in [1.29, 1.82) is 0 Å². The number of aliphatic hydroxyl groups excluding tert-OH is 2. The Morgan fingerprint density at radius 1 is 1.33 bits per heavy atom. The van der Waals surface area contributed by atoms with Crippen molar-refractivity contribution in [3.05, 3.63) is 34.9 Å². The van der Waals surface area contributed by atoms with Crippen molar-refractivity contribution in [3.63, 3.8) is 0 Å². The van der Waals surface area contributed by atoms with Gasteiger partial charge in [-0.15, -0.1) is 0 Å². The molecular formula is C23H34O7. The quantitative estimate of drug-likeness (QED) is 0.390. The van der Waals surface area contributed by atoms with Gasteiger partial charge in [-0.2, -0.15) is 0 Å². The number of rotatable bonds is 11. The third-order valence-corrected chi connectivity index (χ3v) is 5.66. The number of carbonyl (C=O) groups is 2. The second-order valence-corrected chi connectivity index (χ2v) is 8.42. The number of ether oxygens (including phenoxy) is 3. The molecule has 7 nitrogen and oxygen atoms in total. The molecule has 168 valence electrons. The molecule has 2 N–H and O–H groups in total. The van der Waals surface area contributed by atoms with E-state index in [1.165, 1.54) is 7.11 Å². The lowest BCUT2D eigenvalue weighted by atomic mass is 9.91. The highest BCUT2D eigenvalue weighted by molar-refractivity contribution is 5.90. The Bertz CT molecular complexity index is 721. The molecule has 0 amide bonds. The van der Waals surface area contributed by atoms with Gasteiger partial charge in [-0.3, -0.25) is 4.79 Å². The van der Waals surface area contributed by atoms with Crippen LogP contribution in [-0.2, 0) is 23.8 Å². The molecule has 30 heavy (non-hydrogen) atoms. The first-order valence-corrected chi connectivity index (χ1v) is 10.5. The number of hydrogen-bond acceptors (Lipinski definition) is 7. The molecular weight excluding hydrogens is 388 g/mol. The first kappa shape index (κ1) is 24.3. The number of carbonyl (C=O) groups excluding carboxylic acids is 2. The topological polar surface area (TPSA) is 102 Å². The molecule has 7 heteroatoms. The predicted octanol–water partition coefficient (Wildman–Crippen LogP) is 3.10. The maximum Gasteiger partial charge on any atom is 0.336 e. The normalized spacial score (nSPS) is 27.0. The van der Waals surface area contributed by atoms with E-state index < -0.39 is 24.1 Å². The van der Waals surface area contributed by atoms with Crippen molar-refractivity contribution in [3.8, 4) is 0 Å². The molecule has 0 aromatic rings. The zero-order valence-corrected chi connectivity index (χ0v) is 18.3. The summed E-state index contributed by atoms with van der Waals surface area (Å²) < 4.78 is 15.3. The summed E-state index contributed by atoms with van der Waals surface area (Å²) in [6.07, 6.45) is 7.29. The number of cyclic esters (lactones) is 2. The highest BCUT2D eigenvalue weighted by Gasteiger charge is 2.41. The summed E-state index contributed by atoms with van der Waals surface area (Å²) in [6.45, 7) is 5.63. The van der Waals surface area contributed by atoms with E-state index >= 15 is 0 Å². The summed E-state index contributed by atoms with van der Waals surface area (Å²) in [5.74, 6) is -0.601. The standard InChI is InChI=1S/C23H34O7/c1-15(6-5-7-17-14-21(28-4)29-22(17)27)12-18(24)13-16(2)8-9-19(25)23(3)11-10-20(26)30-23/h6,13-14,18-19,21,24-25H,5,7-12H2,1-4H3. The van der Waals surface area contributed by atoms with Gasteiger partial charge in [0.1, 0.15) is 5.60 Å². The van der Waals surface area contributed by atoms with Crippen LogP contribution in [0.5, 0.6) is 0 Å². The van der Waals surface area contributed by atoms with Crippen molar-refractivity contribution in [2.24, 2.45) is 0 Å². The van der Waals surface area contributed by atoms with Gasteiger partial charge in [0.25, 0.3) is 0 Å². The van der Waals surface area contributed by atoms with Crippen LogP contribution in [0.3, 0.4) is 0 Å². The Labute approximate surface area is 178 Å². The molecule has 0 spiro atoms. The van der Waals surface area contributed by atoms with Crippen LogP contribution in [0.25, 0.3) is 0 Å².